The predicted molar refractivity (Wildman–Crippen MR) is 68.6 cm³/mol. The first kappa shape index (κ1) is 12.9. The van der Waals surface area contributed by atoms with Crippen molar-refractivity contribution in [2.45, 2.75) is 24.2 Å². The smallest absolute Gasteiger partial charge is 0.238 e. The molecule has 1 aromatic carbocycles. The molecule has 2 rings (SSSR count). The van der Waals surface area contributed by atoms with Crippen LogP contribution in [0.25, 0.3) is 0 Å². The van der Waals surface area contributed by atoms with Crippen LogP contribution in [0.4, 0.5) is 0 Å². The zero-order chi connectivity index (χ0) is 13.2. The second-order valence-electron chi connectivity index (χ2n) is 4.31. The van der Waals surface area contributed by atoms with Gasteiger partial charge >= 0.3 is 0 Å². The molecule has 0 aliphatic rings. The van der Waals surface area contributed by atoms with Crippen molar-refractivity contribution in [1.29, 1.82) is 0 Å². The lowest BCUT2D eigenvalue weighted by molar-refractivity contribution is 0.473. The molecule has 1 heterocycles. The Labute approximate surface area is 106 Å². The Bertz CT molecular complexity index is 600. The van der Waals surface area contributed by atoms with Crippen molar-refractivity contribution >= 4 is 10.0 Å². The molecule has 2 aromatic rings. The highest BCUT2D eigenvalue weighted by molar-refractivity contribution is 7.89. The summed E-state index contributed by atoms with van der Waals surface area (Å²) in [4.78, 5) is 0.136. The molecule has 1 aromatic heterocycles. The summed E-state index contributed by atoms with van der Waals surface area (Å²) in [6.07, 6.45) is 2.44. The summed E-state index contributed by atoms with van der Waals surface area (Å²) in [5.41, 5.74) is 1.05. The van der Waals surface area contributed by atoms with Gasteiger partial charge in [-0.2, -0.15) is 0 Å². The van der Waals surface area contributed by atoms with Gasteiger partial charge in [0.25, 0.3) is 0 Å². The van der Waals surface area contributed by atoms with E-state index in [9.17, 15) is 8.42 Å². The number of rotatable bonds is 4. The number of hydrogen-bond acceptors (Lipinski definition) is 3. The minimum absolute atomic E-state index is 0.136. The summed E-state index contributed by atoms with van der Waals surface area (Å²) in [6.45, 7) is 2.06. The number of furan rings is 1. The van der Waals surface area contributed by atoms with Crippen LogP contribution < -0.4 is 5.14 Å². The molecule has 18 heavy (non-hydrogen) atoms. The zero-order valence-corrected chi connectivity index (χ0v) is 10.9. The van der Waals surface area contributed by atoms with Crippen LogP contribution in [0.15, 0.2) is 52.0 Å². The van der Waals surface area contributed by atoms with Crippen molar-refractivity contribution in [3.05, 3.63) is 54.0 Å². The molecule has 0 spiro atoms. The van der Waals surface area contributed by atoms with E-state index in [1.54, 1.807) is 18.4 Å². The lowest BCUT2D eigenvalue weighted by atomic mass is 9.99. The molecule has 5 heteroatoms. The van der Waals surface area contributed by atoms with Gasteiger partial charge in [0.1, 0.15) is 5.76 Å². The summed E-state index contributed by atoms with van der Waals surface area (Å²) >= 11 is 0. The molecule has 0 aliphatic carbocycles. The molecule has 1 unspecified atom stereocenters. The van der Waals surface area contributed by atoms with Gasteiger partial charge in [-0.25, -0.2) is 13.6 Å². The normalized spacial score (nSPS) is 13.4. The van der Waals surface area contributed by atoms with Crippen LogP contribution in [0, 0.1) is 0 Å². The Kier molecular flexibility index (Phi) is 3.54. The zero-order valence-electron chi connectivity index (χ0n) is 10.0. The van der Waals surface area contributed by atoms with Gasteiger partial charge in [-0.15, -0.1) is 0 Å². The average Bonchev–Trinajstić information content (AvgIpc) is 2.82. The van der Waals surface area contributed by atoms with Crippen molar-refractivity contribution in [2.24, 2.45) is 5.14 Å². The fourth-order valence-corrected chi connectivity index (χ4v) is 2.36. The van der Waals surface area contributed by atoms with E-state index in [1.807, 2.05) is 12.1 Å². The van der Waals surface area contributed by atoms with E-state index in [1.165, 1.54) is 12.1 Å². The summed E-state index contributed by atoms with van der Waals surface area (Å²) in [7, 11) is -3.61. The Hall–Kier alpha value is -1.59. The SMILES string of the molecule is CC(Cc1ccc(S(N)(=O)=O)cc1)c1ccco1. The fraction of sp³-hybridized carbons (Fsp3) is 0.231. The summed E-state index contributed by atoms with van der Waals surface area (Å²) in [5.74, 6) is 1.17. The number of primary sulfonamides is 1. The van der Waals surface area contributed by atoms with Gasteiger partial charge in [0.15, 0.2) is 0 Å². The highest BCUT2D eigenvalue weighted by Crippen LogP contribution is 2.21. The lowest BCUT2D eigenvalue weighted by Crippen LogP contribution is -2.12. The molecular formula is C13H15NO3S. The standard InChI is InChI=1S/C13H15NO3S/c1-10(13-3-2-8-17-13)9-11-4-6-12(7-5-11)18(14,15)16/h2-8,10H,9H2,1H3,(H2,14,15,16). The maximum Gasteiger partial charge on any atom is 0.238 e. The van der Waals surface area contributed by atoms with Gasteiger partial charge in [0, 0.05) is 5.92 Å². The van der Waals surface area contributed by atoms with Crippen molar-refractivity contribution < 1.29 is 12.8 Å². The summed E-state index contributed by atoms with van der Waals surface area (Å²) in [6, 6.07) is 10.4. The first-order valence-corrected chi connectivity index (χ1v) is 7.16. The van der Waals surface area contributed by atoms with Gasteiger partial charge < -0.3 is 4.42 Å². The molecule has 0 saturated heterocycles. The highest BCUT2D eigenvalue weighted by atomic mass is 32.2. The largest absolute Gasteiger partial charge is 0.469 e. The Balaban J connectivity index is 2.12. The molecule has 96 valence electrons. The number of nitrogens with two attached hydrogens (primary N) is 1. The number of benzene rings is 1. The molecule has 4 nitrogen and oxygen atoms in total. The lowest BCUT2D eigenvalue weighted by Gasteiger charge is -2.08. The van der Waals surface area contributed by atoms with Gasteiger partial charge in [-0.05, 0) is 36.2 Å². The van der Waals surface area contributed by atoms with E-state index in [2.05, 4.69) is 6.92 Å². The molecule has 0 bridgehead atoms. The fourth-order valence-electron chi connectivity index (χ4n) is 1.84. The maximum absolute atomic E-state index is 11.1. The van der Waals surface area contributed by atoms with Crippen molar-refractivity contribution in [3.63, 3.8) is 0 Å². The van der Waals surface area contributed by atoms with Crippen LogP contribution in [0.5, 0.6) is 0 Å². The Morgan fingerprint density at radius 1 is 1.22 bits per heavy atom. The second-order valence-corrected chi connectivity index (χ2v) is 5.87. The second kappa shape index (κ2) is 4.96. The van der Waals surface area contributed by atoms with Crippen LogP contribution in [0.3, 0.4) is 0 Å². The van der Waals surface area contributed by atoms with Crippen LogP contribution in [-0.4, -0.2) is 8.42 Å². The van der Waals surface area contributed by atoms with E-state index in [0.29, 0.717) is 0 Å². The molecule has 0 radical (unpaired) electrons. The molecule has 0 amide bonds. The van der Waals surface area contributed by atoms with Crippen molar-refractivity contribution in [3.8, 4) is 0 Å². The molecular weight excluding hydrogens is 250 g/mol. The van der Waals surface area contributed by atoms with Gasteiger partial charge in [-0.1, -0.05) is 19.1 Å². The topological polar surface area (TPSA) is 73.3 Å². The predicted octanol–water partition coefficient (Wildman–Crippen LogP) is 2.27. The maximum atomic E-state index is 11.1. The van der Waals surface area contributed by atoms with Gasteiger partial charge in [-0.3, -0.25) is 0 Å². The molecule has 0 fully saturated rings. The third-order valence-electron chi connectivity index (χ3n) is 2.82. The minimum Gasteiger partial charge on any atom is -0.469 e. The number of sulfonamides is 1. The Morgan fingerprint density at radius 3 is 2.39 bits per heavy atom. The van der Waals surface area contributed by atoms with E-state index in [-0.39, 0.29) is 10.8 Å². The van der Waals surface area contributed by atoms with Gasteiger partial charge in [0.2, 0.25) is 10.0 Å². The molecule has 2 N–H and O–H groups in total. The van der Waals surface area contributed by atoms with Crippen LogP contribution in [-0.2, 0) is 16.4 Å². The minimum atomic E-state index is -3.61. The highest BCUT2D eigenvalue weighted by Gasteiger charge is 2.11. The van der Waals surface area contributed by atoms with E-state index in [0.717, 1.165) is 17.7 Å². The van der Waals surface area contributed by atoms with Crippen LogP contribution in [0.2, 0.25) is 0 Å². The van der Waals surface area contributed by atoms with E-state index < -0.39 is 10.0 Å². The molecule has 0 saturated carbocycles. The van der Waals surface area contributed by atoms with Crippen LogP contribution >= 0.6 is 0 Å². The van der Waals surface area contributed by atoms with Crippen LogP contribution in [0.1, 0.15) is 24.2 Å². The Morgan fingerprint density at radius 2 is 1.89 bits per heavy atom. The first-order valence-electron chi connectivity index (χ1n) is 5.62. The van der Waals surface area contributed by atoms with E-state index in [4.69, 9.17) is 9.56 Å². The third-order valence-corrected chi connectivity index (χ3v) is 3.75. The summed E-state index contributed by atoms with van der Waals surface area (Å²) < 4.78 is 27.6. The third kappa shape index (κ3) is 3.00. The van der Waals surface area contributed by atoms with E-state index >= 15 is 0 Å². The van der Waals surface area contributed by atoms with Gasteiger partial charge in [0.05, 0.1) is 11.2 Å². The quantitative estimate of drug-likeness (QED) is 0.921. The monoisotopic (exact) mass is 265 g/mol. The first-order chi connectivity index (χ1) is 8.47. The van der Waals surface area contributed by atoms with Crippen molar-refractivity contribution in [2.75, 3.05) is 0 Å². The molecule has 1 atom stereocenters. The molecule has 0 aliphatic heterocycles. The summed E-state index contributed by atoms with van der Waals surface area (Å²) in [5, 5.41) is 5.04. The van der Waals surface area contributed by atoms with Crippen molar-refractivity contribution in [1.82, 2.24) is 0 Å². The average molecular weight is 265 g/mol. The number of hydrogen-bond donors (Lipinski definition) is 1.